The summed E-state index contributed by atoms with van der Waals surface area (Å²) in [5.41, 5.74) is 4.81. The fourth-order valence-electron chi connectivity index (χ4n) is 1.94. The number of hydrogen-bond acceptors (Lipinski definition) is 3. The van der Waals surface area contributed by atoms with Crippen LogP contribution in [-0.4, -0.2) is 18.7 Å². The first-order chi connectivity index (χ1) is 10.7. The van der Waals surface area contributed by atoms with E-state index in [0.29, 0.717) is 5.75 Å². The predicted octanol–water partition coefficient (Wildman–Crippen LogP) is 3.11. The van der Waals surface area contributed by atoms with E-state index >= 15 is 0 Å². The molecular formula is C18H20N2O2. The van der Waals surface area contributed by atoms with Crippen LogP contribution in [0.3, 0.4) is 0 Å². The Balaban J connectivity index is 1.64. The van der Waals surface area contributed by atoms with Crippen LogP contribution < -0.4 is 10.2 Å². The van der Waals surface area contributed by atoms with Gasteiger partial charge < -0.3 is 4.74 Å². The Morgan fingerprint density at radius 2 is 2.00 bits per heavy atom. The fraction of sp³-hybridized carbons (Fsp3) is 0.222. The Labute approximate surface area is 130 Å². The molecule has 4 nitrogen and oxygen atoms in total. The van der Waals surface area contributed by atoms with Crippen LogP contribution in [-0.2, 0) is 11.2 Å². The lowest BCUT2D eigenvalue weighted by atomic mass is 10.1. The zero-order valence-corrected chi connectivity index (χ0v) is 12.7. The molecule has 0 fully saturated rings. The van der Waals surface area contributed by atoms with E-state index in [1.54, 1.807) is 6.21 Å². The summed E-state index contributed by atoms with van der Waals surface area (Å²) in [5.74, 6) is 0.417. The molecule has 0 unspecified atom stereocenters. The summed E-state index contributed by atoms with van der Waals surface area (Å²) in [7, 11) is 0. The topological polar surface area (TPSA) is 50.7 Å². The van der Waals surface area contributed by atoms with E-state index in [-0.39, 0.29) is 12.5 Å². The average Bonchev–Trinajstić information content (AvgIpc) is 2.54. The lowest BCUT2D eigenvalue weighted by molar-refractivity contribution is -0.123. The number of benzene rings is 2. The number of hydrazone groups is 1. The Morgan fingerprint density at radius 1 is 1.18 bits per heavy atom. The van der Waals surface area contributed by atoms with Gasteiger partial charge in [0.2, 0.25) is 0 Å². The number of carbonyl (C=O) groups excluding carboxylic acids is 1. The van der Waals surface area contributed by atoms with Crippen molar-refractivity contribution in [3.8, 4) is 5.75 Å². The standard InChI is InChI=1S/C18H20N2O2/c1-15-7-5-11-17(13-15)22-14-18(21)20-19-12-6-10-16-8-3-2-4-9-16/h2-5,7-9,11-13H,6,10,14H2,1H3,(H,20,21)/b19-12-. The number of amides is 1. The third-order valence-electron chi connectivity index (χ3n) is 3.04. The van der Waals surface area contributed by atoms with Crippen LogP contribution in [0, 0.1) is 6.92 Å². The van der Waals surface area contributed by atoms with Gasteiger partial charge in [-0.3, -0.25) is 4.79 Å². The highest BCUT2D eigenvalue weighted by Crippen LogP contribution is 2.11. The van der Waals surface area contributed by atoms with E-state index < -0.39 is 0 Å². The maximum atomic E-state index is 11.6. The number of aryl methyl sites for hydroxylation is 2. The van der Waals surface area contributed by atoms with Gasteiger partial charge in [0.25, 0.3) is 5.91 Å². The average molecular weight is 296 g/mol. The van der Waals surface area contributed by atoms with Gasteiger partial charge in [0.05, 0.1) is 0 Å². The van der Waals surface area contributed by atoms with E-state index in [2.05, 4.69) is 22.7 Å². The molecule has 0 aromatic heterocycles. The van der Waals surface area contributed by atoms with Crippen LogP contribution in [0.4, 0.5) is 0 Å². The number of hydrogen-bond donors (Lipinski definition) is 1. The smallest absolute Gasteiger partial charge is 0.277 e. The number of carbonyl (C=O) groups is 1. The van der Waals surface area contributed by atoms with Gasteiger partial charge in [-0.15, -0.1) is 0 Å². The lowest BCUT2D eigenvalue weighted by Crippen LogP contribution is -2.24. The first-order valence-corrected chi connectivity index (χ1v) is 7.28. The van der Waals surface area contributed by atoms with Gasteiger partial charge in [-0.25, -0.2) is 5.43 Å². The van der Waals surface area contributed by atoms with E-state index in [9.17, 15) is 4.79 Å². The van der Waals surface area contributed by atoms with Crippen molar-refractivity contribution in [1.29, 1.82) is 0 Å². The van der Waals surface area contributed by atoms with Crippen molar-refractivity contribution in [3.63, 3.8) is 0 Å². The molecule has 2 aromatic rings. The second-order valence-corrected chi connectivity index (χ2v) is 4.98. The van der Waals surface area contributed by atoms with Gasteiger partial charge in [-0.05, 0) is 43.0 Å². The molecular weight excluding hydrogens is 276 g/mol. The van der Waals surface area contributed by atoms with Crippen molar-refractivity contribution in [1.82, 2.24) is 5.43 Å². The largest absolute Gasteiger partial charge is 0.484 e. The predicted molar refractivity (Wildman–Crippen MR) is 88.1 cm³/mol. The molecule has 0 bridgehead atoms. The summed E-state index contributed by atoms with van der Waals surface area (Å²) in [6.45, 7) is 1.93. The van der Waals surface area contributed by atoms with Crippen molar-refractivity contribution in [3.05, 3.63) is 65.7 Å². The van der Waals surface area contributed by atoms with Crippen LogP contribution in [0.15, 0.2) is 59.7 Å². The summed E-state index contributed by atoms with van der Waals surface area (Å²) in [6, 6.07) is 17.7. The summed E-state index contributed by atoms with van der Waals surface area (Å²) in [4.78, 5) is 11.6. The van der Waals surface area contributed by atoms with Gasteiger partial charge in [0.1, 0.15) is 5.75 Å². The highest BCUT2D eigenvalue weighted by molar-refractivity contribution is 5.78. The zero-order valence-electron chi connectivity index (χ0n) is 12.7. The fourth-order valence-corrected chi connectivity index (χ4v) is 1.94. The van der Waals surface area contributed by atoms with E-state index in [0.717, 1.165) is 18.4 Å². The van der Waals surface area contributed by atoms with E-state index in [4.69, 9.17) is 4.74 Å². The minimum atomic E-state index is -0.266. The number of ether oxygens (including phenoxy) is 1. The molecule has 0 radical (unpaired) electrons. The van der Waals surface area contributed by atoms with Crippen molar-refractivity contribution < 1.29 is 9.53 Å². The van der Waals surface area contributed by atoms with Crippen LogP contribution in [0.5, 0.6) is 5.75 Å². The lowest BCUT2D eigenvalue weighted by Gasteiger charge is -2.05. The van der Waals surface area contributed by atoms with E-state index in [1.807, 2.05) is 49.4 Å². The summed E-state index contributed by atoms with van der Waals surface area (Å²) < 4.78 is 5.39. The van der Waals surface area contributed by atoms with Crippen molar-refractivity contribution >= 4 is 12.1 Å². The number of nitrogens with one attached hydrogen (secondary N) is 1. The van der Waals surface area contributed by atoms with Crippen molar-refractivity contribution in [2.45, 2.75) is 19.8 Å². The van der Waals surface area contributed by atoms with Gasteiger partial charge in [0, 0.05) is 6.21 Å². The number of rotatable bonds is 7. The van der Waals surface area contributed by atoms with Gasteiger partial charge in [-0.2, -0.15) is 5.10 Å². The maximum Gasteiger partial charge on any atom is 0.277 e. The monoisotopic (exact) mass is 296 g/mol. The molecule has 22 heavy (non-hydrogen) atoms. The molecule has 0 spiro atoms. The molecule has 1 N–H and O–H groups in total. The van der Waals surface area contributed by atoms with Crippen LogP contribution in [0.1, 0.15) is 17.5 Å². The van der Waals surface area contributed by atoms with Gasteiger partial charge in [-0.1, -0.05) is 42.5 Å². The highest BCUT2D eigenvalue weighted by atomic mass is 16.5. The Hall–Kier alpha value is -2.62. The molecule has 0 saturated heterocycles. The molecule has 0 atom stereocenters. The first-order valence-electron chi connectivity index (χ1n) is 7.28. The number of nitrogens with zero attached hydrogens (tertiary/aromatic N) is 1. The quantitative estimate of drug-likeness (QED) is 0.630. The van der Waals surface area contributed by atoms with Gasteiger partial charge >= 0.3 is 0 Å². The Bertz CT molecular complexity index is 624. The third-order valence-corrected chi connectivity index (χ3v) is 3.04. The Morgan fingerprint density at radius 3 is 2.77 bits per heavy atom. The van der Waals surface area contributed by atoms with Crippen LogP contribution in [0.25, 0.3) is 0 Å². The SMILES string of the molecule is Cc1cccc(OCC(=O)N/N=C\CCc2ccccc2)c1. The molecule has 0 aliphatic carbocycles. The third kappa shape index (κ3) is 5.79. The molecule has 4 heteroatoms. The van der Waals surface area contributed by atoms with Crippen LogP contribution >= 0.6 is 0 Å². The molecule has 2 rings (SSSR count). The molecule has 0 aliphatic heterocycles. The van der Waals surface area contributed by atoms with Gasteiger partial charge in [0.15, 0.2) is 6.61 Å². The molecule has 0 aliphatic rings. The molecule has 1 amide bonds. The molecule has 0 saturated carbocycles. The van der Waals surface area contributed by atoms with Crippen molar-refractivity contribution in [2.24, 2.45) is 5.10 Å². The van der Waals surface area contributed by atoms with Crippen molar-refractivity contribution in [2.75, 3.05) is 6.61 Å². The maximum absolute atomic E-state index is 11.6. The van der Waals surface area contributed by atoms with E-state index in [1.165, 1.54) is 5.56 Å². The second kappa shape index (κ2) is 8.62. The summed E-state index contributed by atoms with van der Waals surface area (Å²) in [6.07, 6.45) is 3.39. The highest BCUT2D eigenvalue weighted by Gasteiger charge is 2.01. The minimum absolute atomic E-state index is 0.0422. The second-order valence-electron chi connectivity index (χ2n) is 4.98. The summed E-state index contributed by atoms with van der Waals surface area (Å²) >= 11 is 0. The molecule has 0 heterocycles. The normalized spacial score (nSPS) is 10.6. The minimum Gasteiger partial charge on any atom is -0.484 e. The first kappa shape index (κ1) is 15.8. The zero-order chi connectivity index (χ0) is 15.6. The van der Waals surface area contributed by atoms with Crippen LogP contribution in [0.2, 0.25) is 0 Å². The molecule has 2 aromatic carbocycles. The summed E-state index contributed by atoms with van der Waals surface area (Å²) in [5, 5.41) is 3.91. The Kier molecular flexibility index (Phi) is 6.18. The molecule has 114 valence electrons.